The van der Waals surface area contributed by atoms with Gasteiger partial charge in [-0.2, -0.15) is 0 Å². The third-order valence-electron chi connectivity index (χ3n) is 5.14. The molecule has 0 amide bonds. The Balaban J connectivity index is 3.17. The predicted molar refractivity (Wildman–Crippen MR) is 109 cm³/mol. The van der Waals surface area contributed by atoms with Gasteiger partial charge in [-0.25, -0.2) is 0 Å². The highest BCUT2D eigenvalue weighted by molar-refractivity contribution is 5.80. The fourth-order valence-corrected chi connectivity index (χ4v) is 3.60. The number of rotatable bonds is 12. The summed E-state index contributed by atoms with van der Waals surface area (Å²) in [6.45, 7) is 10.4. The summed E-state index contributed by atoms with van der Waals surface area (Å²) in [5.74, 6) is -1.97. The van der Waals surface area contributed by atoms with Crippen LogP contribution in [0.5, 0.6) is 0 Å². The number of hydrogen-bond acceptors (Lipinski definition) is 2. The Labute approximate surface area is 164 Å². The Kier molecular flexibility index (Phi) is 9.54. The summed E-state index contributed by atoms with van der Waals surface area (Å²) in [6.07, 6.45) is 4.69. The summed E-state index contributed by atoms with van der Waals surface area (Å²) in [6, 6.07) is 5.60. The molecule has 0 saturated heterocycles. The zero-order valence-electron chi connectivity index (χ0n) is 17.5. The van der Waals surface area contributed by atoms with Crippen LogP contribution in [0, 0.1) is 18.8 Å². The molecule has 4 nitrogen and oxygen atoms in total. The van der Waals surface area contributed by atoms with E-state index in [1.54, 1.807) is 0 Å². The molecule has 4 heteroatoms. The Morgan fingerprint density at radius 3 is 1.63 bits per heavy atom. The molecular formula is C23H36O4. The minimum absolute atomic E-state index is 0.527. The molecule has 1 aromatic carbocycles. The highest BCUT2D eigenvalue weighted by atomic mass is 16.4. The van der Waals surface area contributed by atoms with Crippen molar-refractivity contribution in [1.29, 1.82) is 0 Å². The second kappa shape index (κ2) is 11.1. The standard InChI is InChI=1S/C23H36O4/c1-15(2)8-6-10-19(22(24)25)18-13-12-17(5)14-21(18)20(23(26)27)11-7-9-16(3)4/h12-16,19-20H,6-11H2,1-5H3,(H,24,25)(H,26,27). The van der Waals surface area contributed by atoms with Gasteiger partial charge >= 0.3 is 11.9 Å². The van der Waals surface area contributed by atoms with Gasteiger partial charge in [0.05, 0.1) is 11.8 Å². The van der Waals surface area contributed by atoms with Gasteiger partial charge in [-0.05, 0) is 42.7 Å². The van der Waals surface area contributed by atoms with Gasteiger partial charge < -0.3 is 10.2 Å². The van der Waals surface area contributed by atoms with Crippen LogP contribution in [0.4, 0.5) is 0 Å². The van der Waals surface area contributed by atoms with Crippen LogP contribution >= 0.6 is 0 Å². The molecule has 0 aliphatic rings. The number of aliphatic carboxylic acids is 2. The van der Waals surface area contributed by atoms with Gasteiger partial charge in [0.25, 0.3) is 0 Å². The number of hydrogen-bond donors (Lipinski definition) is 2. The summed E-state index contributed by atoms with van der Waals surface area (Å²) in [7, 11) is 0. The Bertz CT molecular complexity index is 619. The van der Waals surface area contributed by atoms with Crippen LogP contribution < -0.4 is 0 Å². The minimum Gasteiger partial charge on any atom is -0.481 e. The quantitative estimate of drug-likeness (QED) is 0.470. The fourth-order valence-electron chi connectivity index (χ4n) is 3.60. The maximum atomic E-state index is 12.0. The van der Waals surface area contributed by atoms with Crippen LogP contribution in [-0.2, 0) is 9.59 Å². The summed E-state index contributed by atoms with van der Waals surface area (Å²) < 4.78 is 0. The van der Waals surface area contributed by atoms with Crippen molar-refractivity contribution in [3.8, 4) is 0 Å². The van der Waals surface area contributed by atoms with Crippen LogP contribution in [-0.4, -0.2) is 22.2 Å². The molecule has 0 aromatic heterocycles. The lowest BCUT2D eigenvalue weighted by Crippen LogP contribution is -2.19. The first-order valence-corrected chi connectivity index (χ1v) is 10.2. The second-order valence-corrected chi connectivity index (χ2v) is 8.56. The van der Waals surface area contributed by atoms with Crippen LogP contribution in [0.1, 0.15) is 94.7 Å². The monoisotopic (exact) mass is 376 g/mol. The van der Waals surface area contributed by atoms with Gasteiger partial charge in [-0.15, -0.1) is 0 Å². The average Bonchev–Trinajstić information content (AvgIpc) is 2.55. The van der Waals surface area contributed by atoms with E-state index in [1.165, 1.54) is 0 Å². The topological polar surface area (TPSA) is 74.6 Å². The first-order valence-electron chi connectivity index (χ1n) is 10.2. The number of carboxylic acid groups (broad SMARTS) is 2. The second-order valence-electron chi connectivity index (χ2n) is 8.56. The van der Waals surface area contributed by atoms with E-state index in [2.05, 4.69) is 27.7 Å². The predicted octanol–water partition coefficient (Wildman–Crippen LogP) is 5.98. The van der Waals surface area contributed by atoms with Gasteiger partial charge in [0, 0.05) is 0 Å². The Hall–Kier alpha value is -1.84. The van der Waals surface area contributed by atoms with Gasteiger partial charge in [-0.1, -0.05) is 77.1 Å². The van der Waals surface area contributed by atoms with Crippen molar-refractivity contribution in [2.45, 2.75) is 85.0 Å². The van der Waals surface area contributed by atoms with Gasteiger partial charge in [-0.3, -0.25) is 9.59 Å². The van der Waals surface area contributed by atoms with E-state index in [0.29, 0.717) is 35.8 Å². The summed E-state index contributed by atoms with van der Waals surface area (Å²) in [5.41, 5.74) is 2.33. The summed E-state index contributed by atoms with van der Waals surface area (Å²) in [4.78, 5) is 23.9. The number of benzene rings is 1. The van der Waals surface area contributed by atoms with E-state index >= 15 is 0 Å². The highest BCUT2D eigenvalue weighted by Gasteiger charge is 2.29. The molecule has 152 valence electrons. The van der Waals surface area contributed by atoms with Crippen LogP contribution in [0.3, 0.4) is 0 Å². The lowest BCUT2D eigenvalue weighted by Gasteiger charge is -2.22. The zero-order valence-corrected chi connectivity index (χ0v) is 17.5. The zero-order chi connectivity index (χ0) is 20.6. The van der Waals surface area contributed by atoms with E-state index in [4.69, 9.17) is 0 Å². The number of aryl methyl sites for hydroxylation is 1. The van der Waals surface area contributed by atoms with Crippen molar-refractivity contribution in [3.05, 3.63) is 34.9 Å². The van der Waals surface area contributed by atoms with Crippen LogP contribution in [0.2, 0.25) is 0 Å². The van der Waals surface area contributed by atoms with Crippen molar-refractivity contribution in [2.24, 2.45) is 11.8 Å². The minimum atomic E-state index is -0.866. The summed E-state index contributed by atoms with van der Waals surface area (Å²) in [5, 5.41) is 19.6. The van der Waals surface area contributed by atoms with Crippen molar-refractivity contribution >= 4 is 11.9 Å². The first kappa shape index (κ1) is 23.2. The van der Waals surface area contributed by atoms with E-state index in [1.807, 2.05) is 25.1 Å². The lowest BCUT2D eigenvalue weighted by atomic mass is 9.81. The molecule has 2 unspecified atom stereocenters. The molecule has 2 N–H and O–H groups in total. The van der Waals surface area contributed by atoms with Gasteiger partial charge in [0.1, 0.15) is 0 Å². The molecule has 27 heavy (non-hydrogen) atoms. The molecule has 0 fully saturated rings. The van der Waals surface area contributed by atoms with Crippen molar-refractivity contribution < 1.29 is 19.8 Å². The van der Waals surface area contributed by atoms with Crippen LogP contribution in [0.15, 0.2) is 18.2 Å². The molecule has 0 radical (unpaired) electrons. The van der Waals surface area contributed by atoms with E-state index in [9.17, 15) is 19.8 Å². The Morgan fingerprint density at radius 1 is 0.778 bits per heavy atom. The fraction of sp³-hybridized carbons (Fsp3) is 0.652. The third-order valence-corrected chi connectivity index (χ3v) is 5.14. The van der Waals surface area contributed by atoms with Crippen molar-refractivity contribution in [3.63, 3.8) is 0 Å². The first-order chi connectivity index (χ1) is 12.6. The SMILES string of the molecule is Cc1ccc(C(CCCC(C)C)C(=O)O)c(C(CCCC(C)C)C(=O)O)c1. The van der Waals surface area contributed by atoms with E-state index in [0.717, 1.165) is 31.2 Å². The van der Waals surface area contributed by atoms with Gasteiger partial charge in [0.15, 0.2) is 0 Å². The normalized spacial score (nSPS) is 13.7. The molecule has 2 atom stereocenters. The largest absolute Gasteiger partial charge is 0.481 e. The smallest absolute Gasteiger partial charge is 0.310 e. The third kappa shape index (κ3) is 7.74. The number of carboxylic acids is 2. The average molecular weight is 377 g/mol. The van der Waals surface area contributed by atoms with E-state index < -0.39 is 23.8 Å². The maximum absolute atomic E-state index is 12.0. The van der Waals surface area contributed by atoms with E-state index in [-0.39, 0.29) is 0 Å². The van der Waals surface area contributed by atoms with Gasteiger partial charge in [0.2, 0.25) is 0 Å². The molecule has 0 saturated carbocycles. The maximum Gasteiger partial charge on any atom is 0.310 e. The molecule has 0 spiro atoms. The van der Waals surface area contributed by atoms with Crippen molar-refractivity contribution in [1.82, 2.24) is 0 Å². The summed E-state index contributed by atoms with van der Waals surface area (Å²) >= 11 is 0. The van der Waals surface area contributed by atoms with Crippen molar-refractivity contribution in [2.75, 3.05) is 0 Å². The molecule has 0 heterocycles. The molecule has 0 bridgehead atoms. The molecule has 0 aliphatic heterocycles. The molecule has 0 aliphatic carbocycles. The lowest BCUT2D eigenvalue weighted by molar-refractivity contribution is -0.140. The molecular weight excluding hydrogens is 340 g/mol. The molecule has 1 aromatic rings. The molecule has 1 rings (SSSR count). The Morgan fingerprint density at radius 2 is 1.22 bits per heavy atom. The van der Waals surface area contributed by atoms with Crippen LogP contribution in [0.25, 0.3) is 0 Å². The number of carbonyl (C=O) groups is 2. The highest BCUT2D eigenvalue weighted by Crippen LogP contribution is 2.34.